The van der Waals surface area contributed by atoms with E-state index in [-0.39, 0.29) is 17.3 Å². The van der Waals surface area contributed by atoms with Crippen LogP contribution in [0.2, 0.25) is 0 Å². The molecule has 0 amide bonds. The molecule has 1 atom stereocenters. The summed E-state index contributed by atoms with van der Waals surface area (Å²) in [5.41, 5.74) is 1.02. The lowest BCUT2D eigenvalue weighted by Gasteiger charge is -2.40. The fourth-order valence-corrected chi connectivity index (χ4v) is 3.61. The van der Waals surface area contributed by atoms with Crippen molar-refractivity contribution in [1.82, 2.24) is 0 Å². The Hall–Kier alpha value is -1.56. The van der Waals surface area contributed by atoms with Crippen molar-refractivity contribution < 1.29 is 9.13 Å². The van der Waals surface area contributed by atoms with Crippen molar-refractivity contribution >= 4 is 0 Å². The maximum Gasteiger partial charge on any atom is 0.123 e. The second-order valence-electron chi connectivity index (χ2n) is 7.46. The Balaban J connectivity index is 1.69. The molecule has 0 aromatic heterocycles. The Morgan fingerprint density at radius 3 is 2.67 bits per heavy atom. The highest BCUT2D eigenvalue weighted by Gasteiger charge is 2.41. The lowest BCUT2D eigenvalue weighted by atomic mass is 9.64. The average molecular weight is 287 g/mol. The van der Waals surface area contributed by atoms with Gasteiger partial charge in [0.25, 0.3) is 0 Å². The molecule has 0 radical (unpaired) electrons. The molecule has 0 N–H and O–H groups in total. The molecule has 1 saturated carbocycles. The van der Waals surface area contributed by atoms with Crippen molar-refractivity contribution in [3.8, 4) is 11.8 Å². The molecular weight excluding hydrogens is 265 g/mol. The summed E-state index contributed by atoms with van der Waals surface area (Å²) in [4.78, 5) is 0. The summed E-state index contributed by atoms with van der Waals surface area (Å²) < 4.78 is 19.2. The number of benzene rings is 1. The van der Waals surface area contributed by atoms with Crippen molar-refractivity contribution in [2.75, 3.05) is 0 Å². The molecule has 0 spiro atoms. The van der Waals surface area contributed by atoms with E-state index >= 15 is 0 Å². The Morgan fingerprint density at radius 1 is 1.29 bits per heavy atom. The van der Waals surface area contributed by atoms with E-state index in [2.05, 4.69) is 19.9 Å². The summed E-state index contributed by atoms with van der Waals surface area (Å²) in [5.74, 6) is 0.568. The first kappa shape index (κ1) is 14.4. The van der Waals surface area contributed by atoms with E-state index in [1.807, 2.05) is 0 Å². The number of nitriles is 1. The maximum absolute atomic E-state index is 13.3. The van der Waals surface area contributed by atoms with Gasteiger partial charge in [0.15, 0.2) is 0 Å². The molecule has 1 heterocycles. The minimum atomic E-state index is -0.263. The summed E-state index contributed by atoms with van der Waals surface area (Å²) in [5, 5.41) is 9.67. The number of rotatable bonds is 2. The predicted molar refractivity (Wildman–Crippen MR) is 79.4 cm³/mol. The minimum absolute atomic E-state index is 0.0164. The summed E-state index contributed by atoms with van der Waals surface area (Å²) in [6.45, 7) is 4.55. The molecule has 112 valence electrons. The normalized spacial score (nSPS) is 25.7. The number of hydrogen-bond donors (Lipinski definition) is 0. The van der Waals surface area contributed by atoms with E-state index in [0.29, 0.717) is 5.41 Å². The van der Waals surface area contributed by atoms with Gasteiger partial charge in [-0.3, -0.25) is 0 Å². The van der Waals surface area contributed by atoms with E-state index < -0.39 is 0 Å². The molecule has 1 aliphatic heterocycles. The van der Waals surface area contributed by atoms with Crippen LogP contribution in [0.3, 0.4) is 0 Å². The van der Waals surface area contributed by atoms with Crippen LogP contribution in [0.5, 0.6) is 5.75 Å². The Labute approximate surface area is 125 Å². The van der Waals surface area contributed by atoms with Gasteiger partial charge in [-0.05, 0) is 49.3 Å². The zero-order valence-corrected chi connectivity index (χ0v) is 12.8. The van der Waals surface area contributed by atoms with E-state index in [0.717, 1.165) is 49.8 Å². The number of nitrogens with zero attached hydrogens (tertiary/aromatic N) is 1. The zero-order valence-electron chi connectivity index (χ0n) is 12.8. The molecule has 1 aromatic rings. The minimum Gasteiger partial charge on any atom is -0.490 e. The van der Waals surface area contributed by atoms with Gasteiger partial charge >= 0.3 is 0 Å². The smallest absolute Gasteiger partial charge is 0.123 e. The van der Waals surface area contributed by atoms with E-state index in [1.165, 1.54) is 6.07 Å². The third-order valence-electron chi connectivity index (χ3n) is 5.18. The summed E-state index contributed by atoms with van der Waals surface area (Å²) in [6.07, 6.45) is 5.57. The topological polar surface area (TPSA) is 33.0 Å². The monoisotopic (exact) mass is 287 g/mol. The van der Waals surface area contributed by atoms with E-state index in [9.17, 15) is 9.65 Å². The SMILES string of the molecule is CC1(C)CCC(C#N)(CC2Cc3cc(F)ccc3O2)CC1. The van der Waals surface area contributed by atoms with Gasteiger partial charge in [-0.25, -0.2) is 4.39 Å². The predicted octanol–water partition coefficient (Wildman–Crippen LogP) is 4.63. The lowest BCUT2D eigenvalue weighted by molar-refractivity contribution is 0.0935. The molecule has 1 aliphatic carbocycles. The molecule has 0 bridgehead atoms. The van der Waals surface area contributed by atoms with Gasteiger partial charge in [-0.2, -0.15) is 5.26 Å². The van der Waals surface area contributed by atoms with Crippen LogP contribution in [0.15, 0.2) is 18.2 Å². The summed E-state index contributed by atoms with van der Waals surface area (Å²) >= 11 is 0. The highest BCUT2D eigenvalue weighted by Crippen LogP contribution is 2.48. The summed E-state index contributed by atoms with van der Waals surface area (Å²) in [6, 6.07) is 7.26. The molecule has 0 saturated heterocycles. The quantitative estimate of drug-likeness (QED) is 0.794. The fraction of sp³-hybridized carbons (Fsp3) is 0.611. The molecule has 2 aliphatic rings. The molecule has 1 unspecified atom stereocenters. The van der Waals surface area contributed by atoms with Crippen LogP contribution in [0.1, 0.15) is 51.5 Å². The van der Waals surface area contributed by atoms with E-state index in [4.69, 9.17) is 4.74 Å². The van der Waals surface area contributed by atoms with Crippen molar-refractivity contribution in [1.29, 1.82) is 5.26 Å². The highest BCUT2D eigenvalue weighted by molar-refractivity contribution is 5.38. The van der Waals surface area contributed by atoms with Gasteiger partial charge in [0, 0.05) is 18.4 Å². The van der Waals surface area contributed by atoms with E-state index in [1.54, 1.807) is 12.1 Å². The molecule has 2 nitrogen and oxygen atoms in total. The third kappa shape index (κ3) is 2.90. The first-order valence-electron chi connectivity index (χ1n) is 7.78. The van der Waals surface area contributed by atoms with Gasteiger partial charge in [0.2, 0.25) is 0 Å². The molecular formula is C18H22FNO. The number of ether oxygens (including phenoxy) is 1. The van der Waals surface area contributed by atoms with Gasteiger partial charge in [0.05, 0.1) is 11.5 Å². The van der Waals surface area contributed by atoms with Crippen molar-refractivity contribution in [2.45, 2.75) is 58.5 Å². The largest absolute Gasteiger partial charge is 0.490 e. The number of halogens is 1. The van der Waals surface area contributed by atoms with Crippen LogP contribution in [-0.4, -0.2) is 6.10 Å². The molecule has 1 aromatic carbocycles. The van der Waals surface area contributed by atoms with Gasteiger partial charge < -0.3 is 4.74 Å². The van der Waals surface area contributed by atoms with Gasteiger partial charge in [-0.1, -0.05) is 13.8 Å². The van der Waals surface area contributed by atoms with Crippen molar-refractivity contribution in [3.63, 3.8) is 0 Å². The highest BCUT2D eigenvalue weighted by atomic mass is 19.1. The van der Waals surface area contributed by atoms with Gasteiger partial charge in [0.1, 0.15) is 17.7 Å². The first-order valence-corrected chi connectivity index (χ1v) is 7.78. The maximum atomic E-state index is 13.3. The van der Waals surface area contributed by atoms with Crippen molar-refractivity contribution in [3.05, 3.63) is 29.6 Å². The van der Waals surface area contributed by atoms with Crippen LogP contribution in [0.4, 0.5) is 4.39 Å². The zero-order chi connectivity index (χ0) is 15.1. The molecule has 1 fully saturated rings. The second kappa shape index (κ2) is 5.02. The fourth-order valence-electron chi connectivity index (χ4n) is 3.61. The second-order valence-corrected chi connectivity index (χ2v) is 7.46. The first-order chi connectivity index (χ1) is 9.91. The number of hydrogen-bond acceptors (Lipinski definition) is 2. The molecule has 3 rings (SSSR count). The van der Waals surface area contributed by atoms with Crippen molar-refractivity contribution in [2.24, 2.45) is 10.8 Å². The Morgan fingerprint density at radius 2 is 2.00 bits per heavy atom. The van der Waals surface area contributed by atoms with Crippen LogP contribution in [0, 0.1) is 28.0 Å². The van der Waals surface area contributed by atoms with Crippen LogP contribution in [-0.2, 0) is 6.42 Å². The third-order valence-corrected chi connectivity index (χ3v) is 5.18. The molecule has 3 heteroatoms. The van der Waals surface area contributed by atoms with Crippen LogP contribution >= 0.6 is 0 Å². The average Bonchev–Trinajstić information content (AvgIpc) is 2.83. The van der Waals surface area contributed by atoms with Crippen LogP contribution < -0.4 is 4.74 Å². The summed E-state index contributed by atoms with van der Waals surface area (Å²) in [7, 11) is 0. The lowest BCUT2D eigenvalue weighted by Crippen LogP contribution is -2.34. The van der Waals surface area contributed by atoms with Gasteiger partial charge in [-0.15, -0.1) is 0 Å². The number of fused-ring (bicyclic) bond motifs is 1. The standard InChI is InChI=1S/C18H22FNO/c1-17(2)5-7-18(12-20,8-6-17)11-15-10-13-9-14(19)3-4-16(13)21-15/h3-4,9,15H,5-8,10-11H2,1-2H3. The molecule has 21 heavy (non-hydrogen) atoms. The van der Waals surface area contributed by atoms with Crippen LogP contribution in [0.25, 0.3) is 0 Å². The Bertz CT molecular complexity index is 577. The Kier molecular flexibility index (Phi) is 3.43.